The fourth-order valence-corrected chi connectivity index (χ4v) is 4.16. The van der Waals surface area contributed by atoms with Crippen LogP contribution < -0.4 is 5.32 Å². The average molecular weight is 390 g/mol. The van der Waals surface area contributed by atoms with E-state index in [-0.39, 0.29) is 17.4 Å². The molecule has 2 amide bonds. The summed E-state index contributed by atoms with van der Waals surface area (Å²) in [6.07, 6.45) is 4.93. The maximum atomic E-state index is 12.7. The highest BCUT2D eigenvalue weighted by Gasteiger charge is 2.54. The van der Waals surface area contributed by atoms with E-state index in [2.05, 4.69) is 16.4 Å². The zero-order valence-electron chi connectivity index (χ0n) is 16.0. The normalized spacial score (nSPS) is 19.4. The van der Waals surface area contributed by atoms with E-state index in [9.17, 15) is 9.59 Å². The minimum atomic E-state index is -0.316. The molecule has 0 bridgehead atoms. The minimum absolute atomic E-state index is 0.0760. The first-order valence-corrected chi connectivity index (χ1v) is 9.73. The molecule has 148 valence electrons. The highest BCUT2D eigenvalue weighted by Crippen LogP contribution is 2.42. The molecule has 0 unspecified atom stereocenters. The van der Waals surface area contributed by atoms with Gasteiger partial charge in [-0.2, -0.15) is 5.26 Å². The first-order chi connectivity index (χ1) is 14.1. The van der Waals surface area contributed by atoms with E-state index in [4.69, 9.17) is 10.00 Å². The number of carbonyl (C=O) groups is 2. The number of nitriles is 1. The van der Waals surface area contributed by atoms with Crippen molar-refractivity contribution >= 4 is 11.8 Å². The van der Waals surface area contributed by atoms with E-state index in [0.29, 0.717) is 48.8 Å². The number of nitrogens with one attached hydrogen (secondary N) is 1. The molecular weight excluding hydrogens is 368 g/mol. The third-order valence-electron chi connectivity index (χ3n) is 5.76. The number of rotatable bonds is 5. The van der Waals surface area contributed by atoms with Crippen molar-refractivity contribution in [2.45, 2.75) is 18.4 Å². The van der Waals surface area contributed by atoms with Crippen LogP contribution >= 0.6 is 0 Å². The number of nitrogens with zero attached hydrogens (tertiary/aromatic N) is 3. The van der Waals surface area contributed by atoms with Crippen molar-refractivity contribution < 1.29 is 14.3 Å². The van der Waals surface area contributed by atoms with Gasteiger partial charge in [-0.25, -0.2) is 0 Å². The predicted octanol–water partition coefficient (Wildman–Crippen LogP) is 2.00. The smallest absolute Gasteiger partial charge is 0.254 e. The quantitative estimate of drug-likeness (QED) is 0.843. The zero-order valence-corrected chi connectivity index (χ0v) is 16.0. The second-order valence-corrected chi connectivity index (χ2v) is 7.53. The van der Waals surface area contributed by atoms with Gasteiger partial charge in [0.15, 0.2) is 0 Å². The fourth-order valence-electron chi connectivity index (χ4n) is 4.16. The monoisotopic (exact) mass is 390 g/mol. The Morgan fingerprint density at radius 3 is 2.79 bits per heavy atom. The molecule has 1 N–H and O–H groups in total. The summed E-state index contributed by atoms with van der Waals surface area (Å²) in [4.78, 5) is 30.6. The highest BCUT2D eigenvalue weighted by molar-refractivity contribution is 5.95. The molecule has 1 aromatic carbocycles. The van der Waals surface area contributed by atoms with Gasteiger partial charge in [-0.3, -0.25) is 14.6 Å². The van der Waals surface area contributed by atoms with Crippen LogP contribution in [0.1, 0.15) is 39.1 Å². The van der Waals surface area contributed by atoms with E-state index in [0.717, 1.165) is 12.8 Å². The summed E-state index contributed by atoms with van der Waals surface area (Å²) in [5, 5.41) is 12.0. The molecule has 2 aliphatic rings. The average Bonchev–Trinajstić information content (AvgIpc) is 3.16. The second kappa shape index (κ2) is 8.02. The van der Waals surface area contributed by atoms with E-state index >= 15 is 0 Å². The number of pyridine rings is 1. The molecule has 3 heterocycles. The maximum Gasteiger partial charge on any atom is 0.254 e. The number of amides is 2. The van der Waals surface area contributed by atoms with Crippen LogP contribution in [0.4, 0.5) is 0 Å². The number of aromatic nitrogens is 1. The standard InChI is InChI=1S/C22H22N4O3/c23-13-16-2-1-3-18(12-16)21(28)26-14-22(15-26)19(7-11-29-22)6-10-25-20(27)17-4-8-24-9-5-17/h1-5,8-9,12,19H,6-7,10-11,14-15H2,(H,25,27)/t19-/m0/s1. The van der Waals surface area contributed by atoms with Crippen LogP contribution in [0.2, 0.25) is 0 Å². The van der Waals surface area contributed by atoms with Crippen molar-refractivity contribution in [2.75, 3.05) is 26.2 Å². The minimum Gasteiger partial charge on any atom is -0.371 e. The number of hydrogen-bond donors (Lipinski definition) is 1. The predicted molar refractivity (Wildman–Crippen MR) is 105 cm³/mol. The van der Waals surface area contributed by atoms with Gasteiger partial charge in [-0.15, -0.1) is 0 Å². The Labute approximate surface area is 169 Å². The van der Waals surface area contributed by atoms with Gasteiger partial charge in [0.25, 0.3) is 11.8 Å². The highest BCUT2D eigenvalue weighted by atomic mass is 16.5. The van der Waals surface area contributed by atoms with E-state index in [1.807, 2.05) is 0 Å². The van der Waals surface area contributed by atoms with E-state index in [1.54, 1.807) is 53.7 Å². The van der Waals surface area contributed by atoms with Crippen LogP contribution in [-0.4, -0.2) is 53.5 Å². The van der Waals surface area contributed by atoms with Crippen molar-refractivity contribution in [3.8, 4) is 6.07 Å². The number of ether oxygens (including phenoxy) is 1. The first kappa shape index (κ1) is 19.1. The summed E-state index contributed by atoms with van der Waals surface area (Å²) in [6.45, 7) is 2.33. The zero-order chi connectivity index (χ0) is 20.3. The fraction of sp³-hybridized carbons (Fsp3) is 0.364. The van der Waals surface area contributed by atoms with Gasteiger partial charge in [0.1, 0.15) is 5.60 Å². The van der Waals surface area contributed by atoms with Crippen molar-refractivity contribution in [3.63, 3.8) is 0 Å². The summed E-state index contributed by atoms with van der Waals surface area (Å²) in [5.74, 6) is 0.117. The van der Waals surface area contributed by atoms with Crippen LogP contribution in [-0.2, 0) is 4.74 Å². The van der Waals surface area contributed by atoms with Gasteiger partial charge in [0.05, 0.1) is 24.7 Å². The molecule has 4 rings (SSSR count). The lowest BCUT2D eigenvalue weighted by Gasteiger charge is -2.50. The van der Waals surface area contributed by atoms with Crippen LogP contribution in [0.5, 0.6) is 0 Å². The molecule has 7 nitrogen and oxygen atoms in total. The maximum absolute atomic E-state index is 12.7. The molecule has 1 atom stereocenters. The molecule has 2 aliphatic heterocycles. The Kier molecular flexibility index (Phi) is 5.28. The van der Waals surface area contributed by atoms with Crippen molar-refractivity contribution in [1.82, 2.24) is 15.2 Å². The molecule has 0 aliphatic carbocycles. The van der Waals surface area contributed by atoms with E-state index in [1.165, 1.54) is 0 Å². The van der Waals surface area contributed by atoms with Gasteiger partial charge in [-0.05, 0) is 49.1 Å². The molecule has 29 heavy (non-hydrogen) atoms. The van der Waals surface area contributed by atoms with Gasteiger partial charge < -0.3 is 15.0 Å². The number of carbonyl (C=O) groups excluding carboxylic acids is 2. The van der Waals surface area contributed by atoms with Crippen molar-refractivity contribution in [3.05, 3.63) is 65.5 Å². The Hall–Kier alpha value is -3.24. The third-order valence-corrected chi connectivity index (χ3v) is 5.76. The first-order valence-electron chi connectivity index (χ1n) is 9.73. The number of benzene rings is 1. The molecule has 2 aromatic rings. The lowest BCUT2D eigenvalue weighted by Crippen LogP contribution is -2.66. The van der Waals surface area contributed by atoms with Crippen LogP contribution in [0, 0.1) is 17.2 Å². The van der Waals surface area contributed by atoms with Crippen molar-refractivity contribution in [2.24, 2.45) is 5.92 Å². The molecule has 0 radical (unpaired) electrons. The Balaban J connectivity index is 1.31. The molecular formula is C22H22N4O3. The lowest BCUT2D eigenvalue weighted by molar-refractivity contribution is -0.117. The molecule has 2 saturated heterocycles. The molecule has 2 fully saturated rings. The topological polar surface area (TPSA) is 95.3 Å². The second-order valence-electron chi connectivity index (χ2n) is 7.53. The summed E-state index contributed by atoms with van der Waals surface area (Å²) in [7, 11) is 0. The number of likely N-dealkylation sites (tertiary alicyclic amines) is 1. The Bertz CT molecular complexity index is 948. The largest absolute Gasteiger partial charge is 0.371 e. The van der Waals surface area contributed by atoms with Crippen LogP contribution in [0.15, 0.2) is 48.8 Å². The SMILES string of the molecule is N#Cc1cccc(C(=O)N2CC3(C2)OCC[C@@H]3CCNC(=O)c2ccncc2)c1. The van der Waals surface area contributed by atoms with Gasteiger partial charge in [0, 0.05) is 36.7 Å². The van der Waals surface area contributed by atoms with Crippen LogP contribution in [0.25, 0.3) is 0 Å². The summed E-state index contributed by atoms with van der Waals surface area (Å²) >= 11 is 0. The summed E-state index contributed by atoms with van der Waals surface area (Å²) in [5.41, 5.74) is 1.28. The lowest BCUT2D eigenvalue weighted by atomic mass is 9.78. The summed E-state index contributed by atoms with van der Waals surface area (Å²) in [6, 6.07) is 12.2. The van der Waals surface area contributed by atoms with Crippen LogP contribution in [0.3, 0.4) is 0 Å². The third kappa shape index (κ3) is 3.84. The van der Waals surface area contributed by atoms with Crippen molar-refractivity contribution in [1.29, 1.82) is 5.26 Å². The Morgan fingerprint density at radius 1 is 1.24 bits per heavy atom. The molecule has 1 aromatic heterocycles. The van der Waals surface area contributed by atoms with Gasteiger partial charge in [0.2, 0.25) is 0 Å². The number of hydrogen-bond acceptors (Lipinski definition) is 5. The van der Waals surface area contributed by atoms with E-state index < -0.39 is 0 Å². The molecule has 7 heteroatoms. The molecule has 1 spiro atoms. The summed E-state index contributed by atoms with van der Waals surface area (Å²) < 4.78 is 6.03. The van der Waals surface area contributed by atoms with Gasteiger partial charge in [-0.1, -0.05) is 6.07 Å². The Morgan fingerprint density at radius 2 is 2.03 bits per heavy atom. The van der Waals surface area contributed by atoms with Gasteiger partial charge >= 0.3 is 0 Å². The molecule has 0 saturated carbocycles.